The molecule has 0 bridgehead atoms. The topological polar surface area (TPSA) is 12.9 Å². The maximum Gasteiger partial charge on any atom is 0.123 e. The molecule has 0 unspecified atom stereocenters. The van der Waals surface area contributed by atoms with E-state index in [-0.39, 0.29) is 11.2 Å². The van der Waals surface area contributed by atoms with E-state index in [0.717, 1.165) is 22.4 Å². The van der Waals surface area contributed by atoms with Crippen molar-refractivity contribution in [1.82, 2.24) is 4.98 Å². The molecule has 1 nitrogen and oxygen atoms in total. The predicted molar refractivity (Wildman–Crippen MR) is 73.1 cm³/mol. The van der Waals surface area contributed by atoms with Gasteiger partial charge in [0, 0.05) is 17.3 Å². The summed E-state index contributed by atoms with van der Waals surface area (Å²) >= 11 is 0. The number of halogens is 1. The molecule has 0 saturated carbocycles. The van der Waals surface area contributed by atoms with Crippen LogP contribution in [0.3, 0.4) is 0 Å². The van der Waals surface area contributed by atoms with Crippen LogP contribution in [-0.2, 0) is 5.41 Å². The monoisotopic (exact) mass is 243 g/mol. The number of rotatable bonds is 1. The molecule has 0 fully saturated rings. The van der Waals surface area contributed by atoms with Crippen molar-refractivity contribution in [3.8, 4) is 11.1 Å². The molecular formula is C16H18FN. The second-order valence-corrected chi connectivity index (χ2v) is 5.64. The summed E-state index contributed by atoms with van der Waals surface area (Å²) in [5.74, 6) is -0.193. The Morgan fingerprint density at radius 3 is 2.39 bits per heavy atom. The number of hydrogen-bond acceptors (Lipinski definition) is 1. The second kappa shape index (κ2) is 4.52. The highest BCUT2D eigenvalue weighted by Gasteiger charge is 2.16. The maximum atomic E-state index is 13.1. The fourth-order valence-electron chi connectivity index (χ4n) is 1.96. The van der Waals surface area contributed by atoms with Gasteiger partial charge in [-0.3, -0.25) is 4.98 Å². The van der Waals surface area contributed by atoms with Crippen LogP contribution in [0.1, 0.15) is 32.0 Å². The molecule has 0 aliphatic carbocycles. The van der Waals surface area contributed by atoms with Crippen molar-refractivity contribution in [2.75, 3.05) is 0 Å². The van der Waals surface area contributed by atoms with E-state index in [1.807, 2.05) is 25.3 Å². The van der Waals surface area contributed by atoms with E-state index in [4.69, 9.17) is 0 Å². The molecule has 2 heteroatoms. The lowest BCUT2D eigenvalue weighted by Crippen LogP contribution is -2.13. The Morgan fingerprint density at radius 1 is 1.06 bits per heavy atom. The quantitative estimate of drug-likeness (QED) is 0.719. The van der Waals surface area contributed by atoms with Gasteiger partial charge in [0.2, 0.25) is 0 Å². The van der Waals surface area contributed by atoms with Crippen LogP contribution in [0, 0.1) is 12.7 Å². The van der Waals surface area contributed by atoms with Crippen LogP contribution in [0.4, 0.5) is 4.39 Å². The largest absolute Gasteiger partial charge is 0.261 e. The van der Waals surface area contributed by atoms with Gasteiger partial charge < -0.3 is 0 Å². The number of pyridine rings is 1. The SMILES string of the molecule is Cc1cc(F)ccc1-c1ccnc(C(C)(C)C)c1. The number of aryl methyl sites for hydroxylation is 1. The van der Waals surface area contributed by atoms with Crippen molar-refractivity contribution in [2.24, 2.45) is 0 Å². The van der Waals surface area contributed by atoms with Crippen molar-refractivity contribution in [3.05, 3.63) is 53.6 Å². The minimum absolute atomic E-state index is 0.0178. The van der Waals surface area contributed by atoms with Crippen molar-refractivity contribution in [2.45, 2.75) is 33.1 Å². The molecule has 0 amide bonds. The highest BCUT2D eigenvalue weighted by molar-refractivity contribution is 5.67. The lowest BCUT2D eigenvalue weighted by Gasteiger charge is -2.18. The van der Waals surface area contributed by atoms with Gasteiger partial charge in [0.25, 0.3) is 0 Å². The van der Waals surface area contributed by atoms with Gasteiger partial charge in [-0.2, -0.15) is 0 Å². The van der Waals surface area contributed by atoms with E-state index >= 15 is 0 Å². The van der Waals surface area contributed by atoms with Crippen LogP contribution in [0.15, 0.2) is 36.5 Å². The van der Waals surface area contributed by atoms with E-state index in [9.17, 15) is 4.39 Å². The molecule has 0 aliphatic rings. The summed E-state index contributed by atoms with van der Waals surface area (Å²) in [5, 5.41) is 0. The summed E-state index contributed by atoms with van der Waals surface area (Å²) in [7, 11) is 0. The first-order valence-corrected chi connectivity index (χ1v) is 6.11. The van der Waals surface area contributed by atoms with Gasteiger partial charge in [-0.05, 0) is 47.9 Å². The summed E-state index contributed by atoms with van der Waals surface area (Å²) in [6.45, 7) is 8.33. The molecule has 1 aromatic carbocycles. The third-order valence-electron chi connectivity index (χ3n) is 3.03. The fraction of sp³-hybridized carbons (Fsp3) is 0.312. The van der Waals surface area contributed by atoms with Crippen LogP contribution in [-0.4, -0.2) is 4.98 Å². The van der Waals surface area contributed by atoms with E-state index in [1.54, 1.807) is 6.07 Å². The molecule has 18 heavy (non-hydrogen) atoms. The van der Waals surface area contributed by atoms with E-state index in [0.29, 0.717) is 0 Å². The molecule has 0 saturated heterocycles. The molecule has 0 N–H and O–H groups in total. The average molecular weight is 243 g/mol. The summed E-state index contributed by atoms with van der Waals surface area (Å²) in [4.78, 5) is 4.41. The first-order valence-electron chi connectivity index (χ1n) is 6.11. The third kappa shape index (κ3) is 2.58. The molecule has 0 aliphatic heterocycles. The number of nitrogens with zero attached hydrogens (tertiary/aromatic N) is 1. The first-order chi connectivity index (χ1) is 8.38. The van der Waals surface area contributed by atoms with Gasteiger partial charge in [-0.15, -0.1) is 0 Å². The first kappa shape index (κ1) is 12.7. The van der Waals surface area contributed by atoms with Gasteiger partial charge in [0.05, 0.1) is 0 Å². The number of benzene rings is 1. The number of aromatic nitrogens is 1. The van der Waals surface area contributed by atoms with E-state index < -0.39 is 0 Å². The Labute approximate surface area is 108 Å². The van der Waals surface area contributed by atoms with Crippen molar-refractivity contribution in [1.29, 1.82) is 0 Å². The summed E-state index contributed by atoms with van der Waals surface area (Å²) < 4.78 is 13.1. The van der Waals surface area contributed by atoms with Gasteiger partial charge in [0.15, 0.2) is 0 Å². The summed E-state index contributed by atoms with van der Waals surface area (Å²) in [5.41, 5.74) is 4.16. The Hall–Kier alpha value is -1.70. The molecule has 2 rings (SSSR count). The van der Waals surface area contributed by atoms with Crippen LogP contribution in [0.2, 0.25) is 0 Å². The molecule has 1 aromatic heterocycles. The van der Waals surface area contributed by atoms with Crippen LogP contribution >= 0.6 is 0 Å². The Bertz CT molecular complexity index is 568. The smallest absolute Gasteiger partial charge is 0.123 e. The summed E-state index contributed by atoms with van der Waals surface area (Å²) in [6.07, 6.45) is 1.82. The maximum absolute atomic E-state index is 13.1. The minimum Gasteiger partial charge on any atom is -0.261 e. The van der Waals surface area contributed by atoms with Crippen molar-refractivity contribution < 1.29 is 4.39 Å². The average Bonchev–Trinajstić information content (AvgIpc) is 2.28. The van der Waals surface area contributed by atoms with Crippen LogP contribution in [0.25, 0.3) is 11.1 Å². The van der Waals surface area contributed by atoms with Gasteiger partial charge in [0.1, 0.15) is 5.82 Å². The Balaban J connectivity index is 2.51. The lowest BCUT2D eigenvalue weighted by atomic mass is 9.89. The minimum atomic E-state index is -0.193. The molecule has 1 heterocycles. The normalized spacial score (nSPS) is 11.6. The standard InChI is InChI=1S/C16H18FN/c1-11-9-13(17)5-6-14(11)12-7-8-18-15(10-12)16(2,3)4/h5-10H,1-4H3. The molecule has 0 atom stereocenters. The highest BCUT2D eigenvalue weighted by atomic mass is 19.1. The zero-order valence-corrected chi connectivity index (χ0v) is 11.3. The molecule has 2 aromatic rings. The Morgan fingerprint density at radius 2 is 1.78 bits per heavy atom. The van der Waals surface area contributed by atoms with Crippen LogP contribution in [0.5, 0.6) is 0 Å². The zero-order chi connectivity index (χ0) is 13.3. The molecule has 0 radical (unpaired) electrons. The van der Waals surface area contributed by atoms with Crippen LogP contribution < -0.4 is 0 Å². The van der Waals surface area contributed by atoms with Gasteiger partial charge >= 0.3 is 0 Å². The van der Waals surface area contributed by atoms with E-state index in [2.05, 4.69) is 31.8 Å². The predicted octanol–water partition coefficient (Wildman–Crippen LogP) is 4.49. The second-order valence-electron chi connectivity index (χ2n) is 5.64. The van der Waals surface area contributed by atoms with E-state index in [1.165, 1.54) is 6.07 Å². The molecule has 0 spiro atoms. The number of hydrogen-bond donors (Lipinski definition) is 0. The zero-order valence-electron chi connectivity index (χ0n) is 11.3. The molecule has 94 valence electrons. The third-order valence-corrected chi connectivity index (χ3v) is 3.03. The lowest BCUT2D eigenvalue weighted by molar-refractivity contribution is 0.569. The fourth-order valence-corrected chi connectivity index (χ4v) is 1.96. The van der Waals surface area contributed by atoms with Gasteiger partial charge in [-0.1, -0.05) is 26.8 Å². The summed E-state index contributed by atoms with van der Waals surface area (Å²) in [6, 6.07) is 8.94. The van der Waals surface area contributed by atoms with Crippen molar-refractivity contribution in [3.63, 3.8) is 0 Å². The molecular weight excluding hydrogens is 225 g/mol. The van der Waals surface area contributed by atoms with Gasteiger partial charge in [-0.25, -0.2) is 4.39 Å². The van der Waals surface area contributed by atoms with Crippen molar-refractivity contribution >= 4 is 0 Å². The Kier molecular flexibility index (Phi) is 3.20. The highest BCUT2D eigenvalue weighted by Crippen LogP contribution is 2.28.